The molecule has 0 saturated carbocycles. The van der Waals surface area contributed by atoms with E-state index in [9.17, 15) is 4.79 Å². The molecule has 0 aliphatic heterocycles. The number of thioether (sulfide) groups is 1. The molecular formula is C24H25N5O3S. The van der Waals surface area contributed by atoms with E-state index in [0.29, 0.717) is 16.8 Å². The molecule has 1 amide bonds. The van der Waals surface area contributed by atoms with E-state index in [1.54, 1.807) is 0 Å². The highest BCUT2D eigenvalue weighted by molar-refractivity contribution is 7.99. The average Bonchev–Trinajstić information content (AvgIpc) is 3.38. The first-order chi connectivity index (χ1) is 15.9. The maximum Gasteiger partial charge on any atom is 0.277 e. The molecule has 0 unspecified atom stereocenters. The quantitative estimate of drug-likeness (QED) is 0.375. The summed E-state index contributed by atoms with van der Waals surface area (Å²) >= 11 is 1.18. The summed E-state index contributed by atoms with van der Waals surface area (Å²) in [5, 5.41) is 15.8. The number of benzene rings is 2. The van der Waals surface area contributed by atoms with Crippen LogP contribution in [0.15, 0.2) is 58.2 Å². The van der Waals surface area contributed by atoms with Gasteiger partial charge in [-0.25, -0.2) is 4.68 Å². The minimum Gasteiger partial charge on any atom is -0.484 e. The van der Waals surface area contributed by atoms with Gasteiger partial charge < -0.3 is 14.5 Å². The fraction of sp³-hybridized carbons (Fsp3) is 0.250. The van der Waals surface area contributed by atoms with Gasteiger partial charge in [0.05, 0.1) is 28.5 Å². The van der Waals surface area contributed by atoms with Gasteiger partial charge in [0, 0.05) is 0 Å². The summed E-state index contributed by atoms with van der Waals surface area (Å²) in [4.78, 5) is 12.5. The average molecular weight is 464 g/mol. The molecule has 0 radical (unpaired) electrons. The third kappa shape index (κ3) is 5.43. The van der Waals surface area contributed by atoms with E-state index in [0.717, 1.165) is 34.0 Å². The topological polar surface area (TPSA) is 95.1 Å². The number of anilines is 1. The zero-order valence-electron chi connectivity index (χ0n) is 19.0. The Labute approximate surface area is 196 Å². The molecule has 1 N–H and O–H groups in total. The van der Waals surface area contributed by atoms with Crippen molar-refractivity contribution in [3.05, 3.63) is 76.9 Å². The molecular weight excluding hydrogens is 438 g/mol. The van der Waals surface area contributed by atoms with E-state index in [-0.39, 0.29) is 18.3 Å². The van der Waals surface area contributed by atoms with Crippen molar-refractivity contribution in [3.63, 3.8) is 0 Å². The molecule has 2 aromatic carbocycles. The number of aromatic nitrogens is 4. The summed E-state index contributed by atoms with van der Waals surface area (Å²) in [5.41, 5.74) is 5.40. The molecule has 8 nitrogen and oxygen atoms in total. The smallest absolute Gasteiger partial charge is 0.277 e. The first-order valence-corrected chi connectivity index (χ1v) is 11.5. The summed E-state index contributed by atoms with van der Waals surface area (Å²) < 4.78 is 13.2. The molecule has 0 saturated heterocycles. The molecule has 2 heterocycles. The van der Waals surface area contributed by atoms with Crippen LogP contribution in [0.3, 0.4) is 0 Å². The summed E-state index contributed by atoms with van der Waals surface area (Å²) in [6, 6.07) is 15.8. The number of carbonyl (C=O) groups excluding carboxylic acids is 1. The normalized spacial score (nSPS) is 10.9. The Bertz CT molecular complexity index is 1270. The van der Waals surface area contributed by atoms with E-state index in [2.05, 4.69) is 20.6 Å². The number of rotatable bonds is 8. The first-order valence-electron chi connectivity index (χ1n) is 10.5. The molecule has 9 heteroatoms. The maximum atomic E-state index is 12.5. The second kappa shape index (κ2) is 9.91. The second-order valence-corrected chi connectivity index (χ2v) is 8.58. The number of nitrogens with one attached hydrogen (secondary N) is 1. The van der Waals surface area contributed by atoms with Crippen LogP contribution >= 0.6 is 11.8 Å². The van der Waals surface area contributed by atoms with Gasteiger partial charge in [-0.2, -0.15) is 5.10 Å². The highest BCUT2D eigenvalue weighted by Gasteiger charge is 2.16. The number of amides is 1. The van der Waals surface area contributed by atoms with Gasteiger partial charge in [-0.1, -0.05) is 42.1 Å². The summed E-state index contributed by atoms with van der Waals surface area (Å²) in [6.07, 6.45) is 0. The molecule has 4 rings (SSSR count). The molecule has 0 aliphatic carbocycles. The van der Waals surface area contributed by atoms with E-state index >= 15 is 0 Å². The van der Waals surface area contributed by atoms with Crippen LogP contribution in [0.4, 0.5) is 5.69 Å². The predicted molar refractivity (Wildman–Crippen MR) is 127 cm³/mol. The zero-order chi connectivity index (χ0) is 23.4. The Morgan fingerprint density at radius 3 is 2.67 bits per heavy atom. The van der Waals surface area contributed by atoms with Crippen LogP contribution in [0.5, 0.6) is 5.75 Å². The van der Waals surface area contributed by atoms with Crippen LogP contribution in [-0.4, -0.2) is 31.6 Å². The van der Waals surface area contributed by atoms with Crippen molar-refractivity contribution < 1.29 is 13.9 Å². The third-order valence-corrected chi connectivity index (χ3v) is 5.84. The summed E-state index contributed by atoms with van der Waals surface area (Å²) in [6.45, 7) is 7.95. The van der Waals surface area contributed by atoms with Gasteiger partial charge in [-0.05, 0) is 57.0 Å². The number of ether oxygens (including phenoxy) is 1. The minimum atomic E-state index is -0.176. The Kier molecular flexibility index (Phi) is 6.79. The minimum absolute atomic E-state index is 0.134. The van der Waals surface area contributed by atoms with Gasteiger partial charge in [0.2, 0.25) is 5.91 Å². The zero-order valence-corrected chi connectivity index (χ0v) is 19.8. The Morgan fingerprint density at radius 2 is 1.88 bits per heavy atom. The van der Waals surface area contributed by atoms with Crippen LogP contribution in [0.25, 0.3) is 5.69 Å². The first kappa shape index (κ1) is 22.6. The fourth-order valence-corrected chi connectivity index (χ4v) is 3.88. The number of carbonyl (C=O) groups is 1. The highest BCUT2D eigenvalue weighted by atomic mass is 32.2. The Balaban J connectivity index is 1.32. The largest absolute Gasteiger partial charge is 0.484 e. The standard InChI is InChI=1S/C24H25N5O3S/c1-15-10-11-16(2)20(12-15)31-13-22-26-27-24(32-22)33-14-21(30)25-23-17(3)28-29(18(23)4)19-8-6-5-7-9-19/h5-12H,13-14H2,1-4H3,(H,25,30). The summed E-state index contributed by atoms with van der Waals surface area (Å²) in [5.74, 6) is 1.10. The molecule has 0 atom stereocenters. The van der Waals surface area contributed by atoms with Crippen molar-refractivity contribution in [1.82, 2.24) is 20.0 Å². The second-order valence-electron chi connectivity index (χ2n) is 7.65. The molecule has 170 valence electrons. The van der Waals surface area contributed by atoms with Crippen molar-refractivity contribution in [3.8, 4) is 11.4 Å². The lowest BCUT2D eigenvalue weighted by Crippen LogP contribution is -2.15. The molecule has 2 aromatic heterocycles. The lowest BCUT2D eigenvalue weighted by molar-refractivity contribution is -0.113. The van der Waals surface area contributed by atoms with Gasteiger partial charge in [-0.3, -0.25) is 4.79 Å². The maximum absolute atomic E-state index is 12.5. The van der Waals surface area contributed by atoms with E-state index in [4.69, 9.17) is 9.15 Å². The molecule has 4 aromatic rings. The number of para-hydroxylation sites is 1. The number of hydrogen-bond acceptors (Lipinski definition) is 7. The molecule has 0 bridgehead atoms. The lowest BCUT2D eigenvalue weighted by atomic mass is 10.1. The van der Waals surface area contributed by atoms with Crippen LogP contribution in [0, 0.1) is 27.7 Å². The van der Waals surface area contributed by atoms with Gasteiger partial charge in [0.25, 0.3) is 11.1 Å². The van der Waals surface area contributed by atoms with E-state index in [1.807, 2.05) is 80.9 Å². The number of nitrogens with zero attached hydrogens (tertiary/aromatic N) is 4. The van der Waals surface area contributed by atoms with Crippen molar-refractivity contribution in [2.75, 3.05) is 11.1 Å². The highest BCUT2D eigenvalue weighted by Crippen LogP contribution is 2.24. The van der Waals surface area contributed by atoms with Gasteiger partial charge >= 0.3 is 0 Å². The number of hydrogen-bond donors (Lipinski definition) is 1. The molecule has 0 fully saturated rings. The van der Waals surface area contributed by atoms with E-state index in [1.165, 1.54) is 11.8 Å². The third-order valence-electron chi connectivity index (χ3n) is 5.03. The van der Waals surface area contributed by atoms with Crippen LogP contribution < -0.4 is 10.1 Å². The van der Waals surface area contributed by atoms with Gasteiger partial charge in [-0.15, -0.1) is 10.2 Å². The lowest BCUT2D eigenvalue weighted by Gasteiger charge is -2.07. The monoisotopic (exact) mass is 463 g/mol. The van der Waals surface area contributed by atoms with Crippen LogP contribution in [-0.2, 0) is 11.4 Å². The van der Waals surface area contributed by atoms with Gasteiger partial charge in [0.15, 0.2) is 6.61 Å². The Hall–Kier alpha value is -3.59. The van der Waals surface area contributed by atoms with Crippen molar-refractivity contribution in [2.45, 2.75) is 39.5 Å². The van der Waals surface area contributed by atoms with Crippen molar-refractivity contribution in [2.24, 2.45) is 0 Å². The van der Waals surface area contributed by atoms with Crippen LogP contribution in [0.2, 0.25) is 0 Å². The molecule has 0 spiro atoms. The molecule has 0 aliphatic rings. The van der Waals surface area contributed by atoms with Gasteiger partial charge in [0.1, 0.15) is 5.75 Å². The van der Waals surface area contributed by atoms with Crippen molar-refractivity contribution in [1.29, 1.82) is 0 Å². The number of aryl methyl sites for hydroxylation is 3. The van der Waals surface area contributed by atoms with E-state index < -0.39 is 0 Å². The van der Waals surface area contributed by atoms with Crippen molar-refractivity contribution >= 4 is 23.4 Å². The fourth-order valence-electron chi connectivity index (χ4n) is 3.30. The predicted octanol–water partition coefficient (Wildman–Crippen LogP) is 4.80. The molecule has 33 heavy (non-hydrogen) atoms. The van der Waals surface area contributed by atoms with Crippen LogP contribution in [0.1, 0.15) is 28.4 Å². The SMILES string of the molecule is Cc1ccc(C)c(OCc2nnc(SCC(=O)Nc3c(C)nn(-c4ccccc4)c3C)o2)c1. The Morgan fingerprint density at radius 1 is 1.09 bits per heavy atom. The summed E-state index contributed by atoms with van der Waals surface area (Å²) in [7, 11) is 0.